The topological polar surface area (TPSA) is 46.5 Å². The van der Waals surface area contributed by atoms with Crippen molar-refractivity contribution in [2.24, 2.45) is 5.41 Å². The third-order valence-electron chi connectivity index (χ3n) is 3.40. The molecule has 3 heteroatoms. The summed E-state index contributed by atoms with van der Waals surface area (Å²) in [6.45, 7) is 3.48. The standard InChI is InChI=1S/C14H16O3/c1-14(2,13(15)16)11-6-9-4-5-12(17-3)8-10(9)7-11/h4-6,8H,7H2,1-3H3,(H,15,16). The SMILES string of the molecule is COc1ccc2c(c1)CC(C(C)(C)C(=O)O)=C2. The molecule has 1 aromatic rings. The van der Waals surface area contributed by atoms with E-state index < -0.39 is 11.4 Å². The number of rotatable bonds is 3. The summed E-state index contributed by atoms with van der Waals surface area (Å²) in [6, 6.07) is 5.84. The molecule has 1 aliphatic carbocycles. The molecule has 0 fully saturated rings. The molecule has 1 aliphatic rings. The normalized spacial score (nSPS) is 14.2. The highest BCUT2D eigenvalue weighted by molar-refractivity contribution is 5.82. The molecule has 0 saturated carbocycles. The molecular weight excluding hydrogens is 216 g/mol. The smallest absolute Gasteiger partial charge is 0.313 e. The van der Waals surface area contributed by atoms with Gasteiger partial charge in [0.1, 0.15) is 5.75 Å². The minimum atomic E-state index is -0.813. The van der Waals surface area contributed by atoms with Crippen LogP contribution in [0.15, 0.2) is 23.8 Å². The molecule has 0 bridgehead atoms. The molecule has 17 heavy (non-hydrogen) atoms. The molecule has 0 spiro atoms. The van der Waals surface area contributed by atoms with Crippen LogP contribution >= 0.6 is 0 Å². The first-order valence-electron chi connectivity index (χ1n) is 5.56. The van der Waals surface area contributed by atoms with Crippen LogP contribution in [0.25, 0.3) is 6.08 Å². The summed E-state index contributed by atoms with van der Waals surface area (Å²) in [6.07, 6.45) is 2.66. The van der Waals surface area contributed by atoms with Crippen LogP contribution in [0.4, 0.5) is 0 Å². The Labute approximate surface area is 101 Å². The number of carbonyl (C=O) groups is 1. The van der Waals surface area contributed by atoms with Crippen molar-refractivity contribution in [2.75, 3.05) is 7.11 Å². The molecule has 0 atom stereocenters. The molecular formula is C14H16O3. The summed E-state index contributed by atoms with van der Waals surface area (Å²) in [7, 11) is 1.63. The first-order chi connectivity index (χ1) is 7.95. The second-order valence-corrected chi connectivity index (χ2v) is 4.84. The molecule has 0 unspecified atom stereocenters. The van der Waals surface area contributed by atoms with Gasteiger partial charge in [-0.15, -0.1) is 0 Å². The largest absolute Gasteiger partial charge is 0.497 e. The Kier molecular flexibility index (Phi) is 2.69. The third-order valence-corrected chi connectivity index (χ3v) is 3.40. The Morgan fingerprint density at radius 1 is 1.41 bits per heavy atom. The van der Waals surface area contributed by atoms with Crippen LogP contribution in [0, 0.1) is 5.41 Å². The fraction of sp³-hybridized carbons (Fsp3) is 0.357. The summed E-state index contributed by atoms with van der Waals surface area (Å²) in [4.78, 5) is 11.2. The lowest BCUT2D eigenvalue weighted by molar-refractivity contribution is -0.144. The summed E-state index contributed by atoms with van der Waals surface area (Å²) in [5, 5.41) is 9.22. The maximum atomic E-state index is 11.2. The lowest BCUT2D eigenvalue weighted by atomic mass is 9.83. The van der Waals surface area contributed by atoms with Gasteiger partial charge in [0.05, 0.1) is 12.5 Å². The fourth-order valence-corrected chi connectivity index (χ4v) is 1.99. The van der Waals surface area contributed by atoms with Gasteiger partial charge in [0.15, 0.2) is 0 Å². The van der Waals surface area contributed by atoms with Crippen molar-refractivity contribution in [3.8, 4) is 5.75 Å². The number of hydrogen-bond acceptors (Lipinski definition) is 2. The van der Waals surface area contributed by atoms with E-state index in [1.54, 1.807) is 21.0 Å². The number of carboxylic acids is 1. The molecule has 0 radical (unpaired) electrons. The number of methoxy groups -OCH3 is 1. The summed E-state index contributed by atoms with van der Waals surface area (Å²) in [5.74, 6) is 0.0232. The van der Waals surface area contributed by atoms with Crippen molar-refractivity contribution in [3.05, 3.63) is 34.9 Å². The maximum absolute atomic E-state index is 11.2. The molecule has 0 heterocycles. The van der Waals surface area contributed by atoms with E-state index in [0.717, 1.165) is 22.4 Å². The van der Waals surface area contributed by atoms with E-state index in [9.17, 15) is 9.90 Å². The zero-order valence-electron chi connectivity index (χ0n) is 10.3. The van der Waals surface area contributed by atoms with Crippen LogP contribution < -0.4 is 4.74 Å². The average molecular weight is 232 g/mol. The van der Waals surface area contributed by atoms with Gasteiger partial charge < -0.3 is 9.84 Å². The molecule has 1 aromatic carbocycles. The van der Waals surface area contributed by atoms with Crippen molar-refractivity contribution in [1.82, 2.24) is 0 Å². The van der Waals surface area contributed by atoms with Crippen molar-refractivity contribution in [1.29, 1.82) is 0 Å². The number of carboxylic acid groups (broad SMARTS) is 1. The van der Waals surface area contributed by atoms with Crippen LogP contribution in [-0.2, 0) is 11.2 Å². The predicted octanol–water partition coefficient (Wildman–Crippen LogP) is 2.75. The van der Waals surface area contributed by atoms with Gasteiger partial charge in [0, 0.05) is 0 Å². The predicted molar refractivity (Wildman–Crippen MR) is 66.1 cm³/mol. The number of ether oxygens (including phenoxy) is 1. The summed E-state index contributed by atoms with van der Waals surface area (Å²) in [5.41, 5.74) is 2.35. The van der Waals surface area contributed by atoms with Crippen molar-refractivity contribution in [3.63, 3.8) is 0 Å². The van der Waals surface area contributed by atoms with Crippen molar-refractivity contribution < 1.29 is 14.6 Å². The minimum Gasteiger partial charge on any atom is -0.497 e. The minimum absolute atomic E-state index is 0.686. The monoisotopic (exact) mass is 232 g/mol. The Hall–Kier alpha value is -1.77. The molecule has 90 valence electrons. The van der Waals surface area contributed by atoms with E-state index in [0.29, 0.717) is 6.42 Å². The quantitative estimate of drug-likeness (QED) is 0.871. The van der Waals surface area contributed by atoms with Gasteiger partial charge in [0.2, 0.25) is 0 Å². The molecule has 0 amide bonds. The van der Waals surface area contributed by atoms with Crippen molar-refractivity contribution in [2.45, 2.75) is 20.3 Å². The van der Waals surface area contributed by atoms with Gasteiger partial charge >= 0.3 is 5.97 Å². The average Bonchev–Trinajstić information content (AvgIpc) is 2.71. The van der Waals surface area contributed by atoms with Gasteiger partial charge in [-0.1, -0.05) is 12.1 Å². The highest BCUT2D eigenvalue weighted by Gasteiger charge is 2.34. The zero-order valence-corrected chi connectivity index (χ0v) is 10.3. The second kappa shape index (κ2) is 3.91. The Morgan fingerprint density at radius 3 is 2.71 bits per heavy atom. The zero-order chi connectivity index (χ0) is 12.6. The molecule has 0 saturated heterocycles. The Balaban J connectivity index is 2.33. The number of fused-ring (bicyclic) bond motifs is 1. The van der Waals surface area contributed by atoms with E-state index in [2.05, 4.69) is 0 Å². The lowest BCUT2D eigenvalue weighted by Crippen LogP contribution is -2.26. The molecule has 0 aromatic heterocycles. The van der Waals surface area contributed by atoms with Crippen LogP contribution in [0.5, 0.6) is 5.75 Å². The first-order valence-corrected chi connectivity index (χ1v) is 5.56. The van der Waals surface area contributed by atoms with E-state index in [4.69, 9.17) is 4.74 Å². The van der Waals surface area contributed by atoms with Gasteiger partial charge in [-0.05, 0) is 49.1 Å². The highest BCUT2D eigenvalue weighted by atomic mass is 16.5. The first kappa shape index (κ1) is 11.7. The summed E-state index contributed by atoms with van der Waals surface area (Å²) >= 11 is 0. The van der Waals surface area contributed by atoms with Crippen LogP contribution in [0.1, 0.15) is 25.0 Å². The van der Waals surface area contributed by atoms with Gasteiger partial charge in [-0.25, -0.2) is 0 Å². The molecule has 0 aliphatic heterocycles. The van der Waals surface area contributed by atoms with E-state index in [1.165, 1.54) is 0 Å². The van der Waals surface area contributed by atoms with E-state index in [-0.39, 0.29) is 0 Å². The number of benzene rings is 1. The van der Waals surface area contributed by atoms with Gasteiger partial charge in [-0.3, -0.25) is 4.79 Å². The number of aliphatic carboxylic acids is 1. The summed E-state index contributed by atoms with van der Waals surface area (Å²) < 4.78 is 5.17. The highest BCUT2D eigenvalue weighted by Crippen LogP contribution is 2.38. The van der Waals surface area contributed by atoms with Crippen LogP contribution in [0.3, 0.4) is 0 Å². The Morgan fingerprint density at radius 2 is 2.12 bits per heavy atom. The lowest BCUT2D eigenvalue weighted by Gasteiger charge is -2.20. The van der Waals surface area contributed by atoms with E-state index >= 15 is 0 Å². The van der Waals surface area contributed by atoms with Crippen LogP contribution in [0.2, 0.25) is 0 Å². The van der Waals surface area contributed by atoms with Gasteiger partial charge in [-0.2, -0.15) is 0 Å². The van der Waals surface area contributed by atoms with E-state index in [1.807, 2.05) is 24.3 Å². The fourth-order valence-electron chi connectivity index (χ4n) is 1.99. The Bertz CT molecular complexity index is 498. The molecule has 1 N–H and O–H groups in total. The third kappa shape index (κ3) is 1.93. The van der Waals surface area contributed by atoms with Gasteiger partial charge in [0.25, 0.3) is 0 Å². The number of hydrogen-bond donors (Lipinski definition) is 1. The molecule has 2 rings (SSSR count). The van der Waals surface area contributed by atoms with Crippen LogP contribution in [-0.4, -0.2) is 18.2 Å². The van der Waals surface area contributed by atoms with Crippen molar-refractivity contribution >= 4 is 12.0 Å². The molecule has 3 nitrogen and oxygen atoms in total. The second-order valence-electron chi connectivity index (χ2n) is 4.84. The maximum Gasteiger partial charge on any atom is 0.313 e.